The van der Waals surface area contributed by atoms with Gasteiger partial charge in [0.15, 0.2) is 0 Å². The molecule has 0 unspecified atom stereocenters. The van der Waals surface area contributed by atoms with Crippen molar-refractivity contribution in [1.82, 2.24) is 0 Å². The van der Waals surface area contributed by atoms with Crippen LogP contribution < -0.4 is 0 Å². The smallest absolute Gasteiger partial charge is 0.417 e. The van der Waals surface area contributed by atoms with Gasteiger partial charge in [-0.05, 0) is 6.42 Å². The second-order valence-electron chi connectivity index (χ2n) is 2.61. The molecule has 0 saturated heterocycles. The molecule has 0 saturated carbocycles. The number of hydrogen-bond acceptors (Lipinski definition) is 4. The van der Waals surface area contributed by atoms with Crippen molar-refractivity contribution in [3.63, 3.8) is 0 Å². The number of carbonyl (C=O) groups excluding carboxylic acids is 2. The van der Waals surface area contributed by atoms with Gasteiger partial charge in [-0.25, -0.2) is 4.79 Å². The van der Waals surface area contributed by atoms with Crippen molar-refractivity contribution in [1.29, 1.82) is 0 Å². The molecule has 0 atom stereocenters. The van der Waals surface area contributed by atoms with Crippen LogP contribution in [0.2, 0.25) is 0 Å². The molecular formula is C9H15O4. The van der Waals surface area contributed by atoms with Crippen LogP contribution in [0.15, 0.2) is 0 Å². The van der Waals surface area contributed by atoms with Gasteiger partial charge < -0.3 is 9.47 Å². The van der Waals surface area contributed by atoms with E-state index in [9.17, 15) is 9.59 Å². The van der Waals surface area contributed by atoms with E-state index >= 15 is 0 Å². The van der Waals surface area contributed by atoms with Gasteiger partial charge in [-0.2, -0.15) is 0 Å². The Kier molecular flexibility index (Phi) is 8.30. The second kappa shape index (κ2) is 9.03. The zero-order valence-electron chi connectivity index (χ0n) is 7.88. The maximum Gasteiger partial charge on any atom is 0.417 e. The first-order valence-electron chi connectivity index (χ1n) is 4.45. The van der Waals surface area contributed by atoms with E-state index in [0.29, 0.717) is 6.42 Å². The van der Waals surface area contributed by atoms with Gasteiger partial charge in [-0.3, -0.25) is 4.79 Å². The predicted molar refractivity (Wildman–Crippen MR) is 46.7 cm³/mol. The van der Waals surface area contributed by atoms with Crippen LogP contribution >= 0.6 is 0 Å². The van der Waals surface area contributed by atoms with Crippen LogP contribution in [0, 0.1) is 0 Å². The van der Waals surface area contributed by atoms with Gasteiger partial charge in [0, 0.05) is 6.42 Å². The molecule has 0 fully saturated rings. The highest BCUT2D eigenvalue weighted by Crippen LogP contribution is 1.99. The Morgan fingerprint density at radius 1 is 1.31 bits per heavy atom. The van der Waals surface area contributed by atoms with Crippen LogP contribution in [-0.4, -0.2) is 25.7 Å². The predicted octanol–water partition coefficient (Wildman–Crippen LogP) is 1.19. The first-order chi connectivity index (χ1) is 6.31. The fraction of sp³-hybridized carbons (Fsp3) is 0.778. The van der Waals surface area contributed by atoms with Crippen LogP contribution in [0.3, 0.4) is 0 Å². The summed E-state index contributed by atoms with van der Waals surface area (Å²) in [7, 11) is 0. The van der Waals surface area contributed by atoms with E-state index in [2.05, 4.69) is 11.7 Å². The molecule has 0 heterocycles. The van der Waals surface area contributed by atoms with Crippen molar-refractivity contribution in [3.8, 4) is 0 Å². The molecule has 1 radical (unpaired) electrons. The summed E-state index contributed by atoms with van der Waals surface area (Å²) in [5, 5.41) is 0. The van der Waals surface area contributed by atoms with Gasteiger partial charge in [0.1, 0.15) is 13.2 Å². The van der Waals surface area contributed by atoms with Crippen LogP contribution in [0.5, 0.6) is 0 Å². The molecule has 0 aromatic heterocycles. The zero-order valence-corrected chi connectivity index (χ0v) is 7.88. The van der Waals surface area contributed by atoms with E-state index < -0.39 is 0 Å². The fourth-order valence-corrected chi connectivity index (χ4v) is 0.830. The quantitative estimate of drug-likeness (QED) is 0.423. The number of ether oxygens (including phenoxy) is 2. The average molecular weight is 187 g/mol. The average Bonchev–Trinajstić information content (AvgIpc) is 2.13. The molecule has 0 aliphatic heterocycles. The maximum absolute atomic E-state index is 10.9. The van der Waals surface area contributed by atoms with Crippen molar-refractivity contribution in [2.75, 3.05) is 13.2 Å². The Hall–Kier alpha value is -1.06. The molecule has 0 bridgehead atoms. The number of hydrogen-bond donors (Lipinski definition) is 0. The Labute approximate surface area is 78.2 Å². The highest BCUT2D eigenvalue weighted by Gasteiger charge is 2.01. The Bertz CT molecular complexity index is 145. The second-order valence-corrected chi connectivity index (χ2v) is 2.61. The molecular weight excluding hydrogens is 172 g/mol. The summed E-state index contributed by atoms with van der Waals surface area (Å²) in [5.41, 5.74) is 0. The summed E-state index contributed by atoms with van der Waals surface area (Å²) in [6, 6.07) is 0. The summed E-state index contributed by atoms with van der Waals surface area (Å²) in [6.07, 6.45) is 3.42. The third-order valence-corrected chi connectivity index (χ3v) is 1.49. The maximum atomic E-state index is 10.9. The molecule has 0 aromatic carbocycles. The lowest BCUT2D eigenvalue weighted by atomic mass is 10.2. The van der Waals surface area contributed by atoms with Gasteiger partial charge in [-0.15, -0.1) is 0 Å². The zero-order chi connectivity index (χ0) is 9.94. The molecule has 0 aliphatic carbocycles. The van der Waals surface area contributed by atoms with Crippen molar-refractivity contribution in [2.45, 2.75) is 32.6 Å². The number of esters is 1. The van der Waals surface area contributed by atoms with Gasteiger partial charge in [0.25, 0.3) is 0 Å². The summed E-state index contributed by atoms with van der Waals surface area (Å²) in [6.45, 7) is 3.53. The van der Waals surface area contributed by atoms with Gasteiger partial charge in [0.05, 0.1) is 0 Å². The van der Waals surface area contributed by atoms with Crippen molar-refractivity contribution in [2.24, 2.45) is 0 Å². The molecule has 75 valence electrons. The van der Waals surface area contributed by atoms with E-state index in [0.717, 1.165) is 19.3 Å². The van der Waals surface area contributed by atoms with Crippen molar-refractivity contribution in [3.05, 3.63) is 0 Å². The summed E-state index contributed by atoms with van der Waals surface area (Å²) in [5.74, 6) is -0.233. The SMILES string of the molecule is CCCCCC(=O)OCCO[C]=O. The standard InChI is InChI=1S/C9H15O4/c1-2-3-4-5-9(11)13-7-6-12-8-10/h2-7H2,1H3. The van der Waals surface area contributed by atoms with Gasteiger partial charge >= 0.3 is 12.4 Å². The Morgan fingerprint density at radius 2 is 2.08 bits per heavy atom. The molecule has 0 amide bonds. The van der Waals surface area contributed by atoms with E-state index in [1.54, 1.807) is 0 Å². The lowest BCUT2D eigenvalue weighted by Gasteiger charge is -2.02. The monoisotopic (exact) mass is 187 g/mol. The summed E-state index contributed by atoms with van der Waals surface area (Å²) in [4.78, 5) is 20.5. The molecule has 0 aromatic rings. The molecule has 4 nitrogen and oxygen atoms in total. The minimum absolute atomic E-state index is 0.0863. The minimum Gasteiger partial charge on any atom is -0.462 e. The third-order valence-electron chi connectivity index (χ3n) is 1.49. The van der Waals surface area contributed by atoms with E-state index in [1.807, 2.05) is 0 Å². The highest BCUT2D eigenvalue weighted by molar-refractivity contribution is 5.69. The fourth-order valence-electron chi connectivity index (χ4n) is 0.830. The Morgan fingerprint density at radius 3 is 2.69 bits per heavy atom. The van der Waals surface area contributed by atoms with Crippen molar-refractivity contribution < 1.29 is 19.1 Å². The van der Waals surface area contributed by atoms with Gasteiger partial charge in [0.2, 0.25) is 0 Å². The molecule has 0 spiro atoms. The molecule has 4 heteroatoms. The van der Waals surface area contributed by atoms with Crippen LogP contribution in [0.1, 0.15) is 32.6 Å². The Balaban J connectivity index is 3.15. The summed E-state index contributed by atoms with van der Waals surface area (Å²) < 4.78 is 8.97. The highest BCUT2D eigenvalue weighted by atomic mass is 16.6. The van der Waals surface area contributed by atoms with Crippen molar-refractivity contribution >= 4 is 12.4 Å². The molecule has 0 N–H and O–H groups in total. The number of carbonyl (C=O) groups is 1. The minimum atomic E-state index is -0.233. The third kappa shape index (κ3) is 8.85. The number of unbranched alkanes of at least 4 members (excludes halogenated alkanes) is 2. The normalized spacial score (nSPS) is 9.31. The van der Waals surface area contributed by atoms with Crippen LogP contribution in [0.4, 0.5) is 0 Å². The van der Waals surface area contributed by atoms with E-state index in [-0.39, 0.29) is 19.2 Å². The van der Waals surface area contributed by atoms with Crippen LogP contribution in [0.25, 0.3) is 0 Å². The molecule has 13 heavy (non-hydrogen) atoms. The number of rotatable bonds is 8. The van der Waals surface area contributed by atoms with E-state index in [4.69, 9.17) is 4.74 Å². The lowest BCUT2D eigenvalue weighted by Crippen LogP contribution is -2.09. The topological polar surface area (TPSA) is 52.6 Å². The van der Waals surface area contributed by atoms with E-state index in [1.165, 1.54) is 6.47 Å². The van der Waals surface area contributed by atoms with Crippen LogP contribution in [-0.2, 0) is 19.1 Å². The van der Waals surface area contributed by atoms with Gasteiger partial charge in [-0.1, -0.05) is 19.8 Å². The molecule has 0 rings (SSSR count). The first-order valence-corrected chi connectivity index (χ1v) is 4.45. The largest absolute Gasteiger partial charge is 0.462 e. The lowest BCUT2D eigenvalue weighted by molar-refractivity contribution is -0.144. The summed E-state index contributed by atoms with van der Waals surface area (Å²) >= 11 is 0. The first kappa shape index (κ1) is 11.9. The molecule has 0 aliphatic rings.